The van der Waals surface area contributed by atoms with Crippen molar-refractivity contribution in [3.8, 4) is 17.5 Å². The van der Waals surface area contributed by atoms with E-state index in [1.54, 1.807) is 6.33 Å². The number of likely N-dealkylation sites (N-methyl/N-ethyl adjacent to an activating group) is 1. The zero-order chi connectivity index (χ0) is 15.4. The largest absolute Gasteiger partial charge is 0.304 e. The van der Waals surface area contributed by atoms with Gasteiger partial charge in [-0.05, 0) is 31.3 Å². The van der Waals surface area contributed by atoms with Crippen LogP contribution in [0.4, 0.5) is 0 Å². The Morgan fingerprint density at radius 2 is 1.82 bits per heavy atom. The highest BCUT2D eigenvalue weighted by molar-refractivity contribution is 5.56. The molecule has 1 aromatic heterocycles. The molecule has 6 nitrogen and oxygen atoms in total. The first-order valence-electron chi connectivity index (χ1n) is 7.55. The molecule has 3 rings (SSSR count). The Labute approximate surface area is 130 Å². The van der Waals surface area contributed by atoms with Crippen LogP contribution in [0.3, 0.4) is 0 Å². The van der Waals surface area contributed by atoms with E-state index < -0.39 is 0 Å². The summed E-state index contributed by atoms with van der Waals surface area (Å²) in [5, 5.41) is 13.2. The van der Waals surface area contributed by atoms with Crippen molar-refractivity contribution in [2.45, 2.75) is 6.54 Å². The summed E-state index contributed by atoms with van der Waals surface area (Å²) in [6.07, 6.45) is 1.59. The quantitative estimate of drug-likeness (QED) is 0.844. The van der Waals surface area contributed by atoms with Crippen LogP contribution in [0.15, 0.2) is 30.6 Å². The van der Waals surface area contributed by atoms with Crippen molar-refractivity contribution in [1.82, 2.24) is 24.6 Å². The van der Waals surface area contributed by atoms with Gasteiger partial charge in [0, 0.05) is 38.3 Å². The van der Waals surface area contributed by atoms with Gasteiger partial charge < -0.3 is 4.90 Å². The smallest absolute Gasteiger partial charge is 0.158 e. The van der Waals surface area contributed by atoms with Gasteiger partial charge >= 0.3 is 0 Å². The third kappa shape index (κ3) is 3.32. The molecule has 0 N–H and O–H groups in total. The molecule has 22 heavy (non-hydrogen) atoms. The number of nitriles is 1. The number of hydrogen-bond donors (Lipinski definition) is 0. The van der Waals surface area contributed by atoms with Crippen molar-refractivity contribution in [2.75, 3.05) is 39.8 Å². The summed E-state index contributed by atoms with van der Waals surface area (Å²) in [5.74, 6) is 0.860. The van der Waals surface area contributed by atoms with Crippen LogP contribution in [-0.2, 0) is 6.54 Å². The van der Waals surface area contributed by atoms with Crippen LogP contribution in [0.5, 0.6) is 0 Å². The molecule has 0 bridgehead atoms. The van der Waals surface area contributed by atoms with Crippen LogP contribution in [0, 0.1) is 11.3 Å². The van der Waals surface area contributed by atoms with E-state index in [0.29, 0.717) is 5.56 Å². The molecule has 1 aliphatic rings. The lowest BCUT2D eigenvalue weighted by atomic mass is 10.1. The van der Waals surface area contributed by atoms with Gasteiger partial charge in [0.25, 0.3) is 0 Å². The Kier molecular flexibility index (Phi) is 4.47. The molecule has 1 fully saturated rings. The van der Waals surface area contributed by atoms with E-state index in [1.807, 2.05) is 28.9 Å². The molecule has 2 heterocycles. The van der Waals surface area contributed by atoms with E-state index in [4.69, 9.17) is 5.26 Å². The summed E-state index contributed by atoms with van der Waals surface area (Å²) in [5.41, 5.74) is 1.65. The lowest BCUT2D eigenvalue weighted by Crippen LogP contribution is -2.45. The fourth-order valence-electron chi connectivity index (χ4n) is 2.65. The van der Waals surface area contributed by atoms with Gasteiger partial charge in [0.15, 0.2) is 5.82 Å². The molecule has 0 saturated carbocycles. The number of hydrogen-bond acceptors (Lipinski definition) is 5. The van der Waals surface area contributed by atoms with Gasteiger partial charge in [0.05, 0.1) is 18.2 Å². The maximum Gasteiger partial charge on any atom is 0.158 e. The third-order valence-electron chi connectivity index (χ3n) is 4.11. The van der Waals surface area contributed by atoms with E-state index in [1.165, 1.54) is 0 Å². The second-order valence-electron chi connectivity index (χ2n) is 5.64. The lowest BCUT2D eigenvalue weighted by Gasteiger charge is -2.32. The van der Waals surface area contributed by atoms with E-state index >= 15 is 0 Å². The zero-order valence-corrected chi connectivity index (χ0v) is 12.8. The van der Waals surface area contributed by atoms with Gasteiger partial charge in [0.2, 0.25) is 0 Å². The first-order valence-corrected chi connectivity index (χ1v) is 7.55. The average molecular weight is 296 g/mol. The molecule has 0 radical (unpaired) electrons. The van der Waals surface area contributed by atoms with Crippen LogP contribution in [0.25, 0.3) is 11.4 Å². The number of benzene rings is 1. The van der Waals surface area contributed by atoms with E-state index in [9.17, 15) is 0 Å². The molecule has 0 atom stereocenters. The molecule has 0 spiro atoms. The normalized spacial score (nSPS) is 16.5. The van der Waals surface area contributed by atoms with Gasteiger partial charge in [-0.3, -0.25) is 4.90 Å². The van der Waals surface area contributed by atoms with E-state index in [-0.39, 0.29) is 0 Å². The van der Waals surface area contributed by atoms with Gasteiger partial charge in [0.1, 0.15) is 6.33 Å². The molecule has 114 valence electrons. The second-order valence-corrected chi connectivity index (χ2v) is 5.64. The number of piperazine rings is 1. The second kappa shape index (κ2) is 6.69. The van der Waals surface area contributed by atoms with Crippen LogP contribution in [0.1, 0.15) is 5.56 Å². The first-order chi connectivity index (χ1) is 10.8. The van der Waals surface area contributed by atoms with Crippen molar-refractivity contribution < 1.29 is 0 Å². The number of rotatable bonds is 4. The molecule has 0 aliphatic carbocycles. The standard InChI is InChI=1S/C16H20N6/c1-20-6-8-21(9-7-20)10-11-22-16(18-13-19-22)15-4-2-14(12-17)3-5-15/h2-5,13H,6-11H2,1H3. The average Bonchev–Trinajstić information content (AvgIpc) is 3.03. The summed E-state index contributed by atoms with van der Waals surface area (Å²) in [6, 6.07) is 9.61. The summed E-state index contributed by atoms with van der Waals surface area (Å²) in [7, 11) is 2.16. The highest BCUT2D eigenvalue weighted by Gasteiger charge is 2.14. The minimum absolute atomic E-state index is 0.659. The van der Waals surface area contributed by atoms with Crippen molar-refractivity contribution in [1.29, 1.82) is 5.26 Å². The number of aromatic nitrogens is 3. The van der Waals surface area contributed by atoms with Crippen LogP contribution < -0.4 is 0 Å². The zero-order valence-electron chi connectivity index (χ0n) is 12.8. The molecular weight excluding hydrogens is 276 g/mol. The molecule has 1 saturated heterocycles. The molecule has 0 unspecified atom stereocenters. The van der Waals surface area contributed by atoms with Gasteiger partial charge in [-0.25, -0.2) is 9.67 Å². The van der Waals surface area contributed by atoms with Crippen molar-refractivity contribution >= 4 is 0 Å². The van der Waals surface area contributed by atoms with Crippen molar-refractivity contribution in [3.05, 3.63) is 36.2 Å². The molecular formula is C16H20N6. The molecule has 1 aliphatic heterocycles. The highest BCUT2D eigenvalue weighted by Crippen LogP contribution is 2.17. The molecule has 0 amide bonds. The third-order valence-corrected chi connectivity index (χ3v) is 4.11. The van der Waals surface area contributed by atoms with Gasteiger partial charge in [-0.1, -0.05) is 0 Å². The SMILES string of the molecule is CN1CCN(CCn2ncnc2-c2ccc(C#N)cc2)CC1. The van der Waals surface area contributed by atoms with Crippen LogP contribution in [0.2, 0.25) is 0 Å². The molecule has 2 aromatic rings. The predicted molar refractivity (Wildman–Crippen MR) is 84.1 cm³/mol. The highest BCUT2D eigenvalue weighted by atomic mass is 15.3. The van der Waals surface area contributed by atoms with E-state index in [0.717, 1.165) is 50.7 Å². The van der Waals surface area contributed by atoms with Crippen LogP contribution in [-0.4, -0.2) is 64.3 Å². The Morgan fingerprint density at radius 1 is 1.09 bits per heavy atom. The first kappa shape index (κ1) is 14.7. The van der Waals surface area contributed by atoms with E-state index in [2.05, 4.69) is 33.0 Å². The Morgan fingerprint density at radius 3 is 2.50 bits per heavy atom. The summed E-state index contributed by atoms with van der Waals surface area (Å²) >= 11 is 0. The van der Waals surface area contributed by atoms with Crippen LogP contribution >= 0.6 is 0 Å². The Hall–Kier alpha value is -2.23. The maximum atomic E-state index is 8.87. The lowest BCUT2D eigenvalue weighted by molar-refractivity contribution is 0.149. The topological polar surface area (TPSA) is 61.0 Å². The molecule has 6 heteroatoms. The van der Waals surface area contributed by atoms with Gasteiger partial charge in [-0.15, -0.1) is 0 Å². The number of nitrogens with zero attached hydrogens (tertiary/aromatic N) is 6. The minimum Gasteiger partial charge on any atom is -0.304 e. The summed E-state index contributed by atoms with van der Waals surface area (Å²) < 4.78 is 1.94. The van der Waals surface area contributed by atoms with Gasteiger partial charge in [-0.2, -0.15) is 10.4 Å². The fraction of sp³-hybridized carbons (Fsp3) is 0.438. The molecule has 1 aromatic carbocycles. The Bertz CT molecular complexity index is 646. The summed E-state index contributed by atoms with van der Waals surface area (Å²) in [6.45, 7) is 6.29. The Balaban J connectivity index is 1.65. The maximum absolute atomic E-state index is 8.87. The predicted octanol–water partition coefficient (Wildman–Crippen LogP) is 1.06. The summed E-state index contributed by atoms with van der Waals surface area (Å²) in [4.78, 5) is 9.18. The van der Waals surface area contributed by atoms with Crippen molar-refractivity contribution in [2.24, 2.45) is 0 Å². The fourth-order valence-corrected chi connectivity index (χ4v) is 2.65. The van der Waals surface area contributed by atoms with Crippen molar-refractivity contribution in [3.63, 3.8) is 0 Å². The minimum atomic E-state index is 0.659. The monoisotopic (exact) mass is 296 g/mol.